The lowest BCUT2D eigenvalue weighted by Gasteiger charge is -2.18. The zero-order valence-corrected chi connectivity index (χ0v) is 14.5. The van der Waals surface area contributed by atoms with Gasteiger partial charge in [0, 0.05) is 17.0 Å². The molecule has 1 amide bonds. The molecule has 1 N–H and O–H groups in total. The second-order valence-corrected chi connectivity index (χ2v) is 6.84. The molecule has 1 fully saturated rings. The molecular formula is C19H22N4O2. The van der Waals surface area contributed by atoms with Crippen molar-refractivity contribution in [3.8, 4) is 0 Å². The molecule has 0 bridgehead atoms. The minimum absolute atomic E-state index is 0.116. The van der Waals surface area contributed by atoms with Crippen LogP contribution in [0.15, 0.2) is 35.0 Å². The number of benzene rings is 1. The van der Waals surface area contributed by atoms with Crippen LogP contribution in [-0.2, 0) is 0 Å². The van der Waals surface area contributed by atoms with Gasteiger partial charge in [0.25, 0.3) is 5.91 Å². The number of nitrogens with zero attached hydrogens (tertiary/aromatic N) is 3. The first kappa shape index (κ1) is 15.9. The van der Waals surface area contributed by atoms with Crippen LogP contribution in [0.5, 0.6) is 0 Å². The second-order valence-electron chi connectivity index (χ2n) is 6.84. The van der Waals surface area contributed by atoms with E-state index in [1.54, 1.807) is 12.4 Å². The van der Waals surface area contributed by atoms with Crippen LogP contribution in [0.2, 0.25) is 0 Å². The Morgan fingerprint density at radius 1 is 1.32 bits per heavy atom. The van der Waals surface area contributed by atoms with E-state index in [4.69, 9.17) is 4.42 Å². The van der Waals surface area contributed by atoms with Crippen molar-refractivity contribution in [2.75, 3.05) is 0 Å². The van der Waals surface area contributed by atoms with Crippen molar-refractivity contribution in [3.05, 3.63) is 47.7 Å². The number of nitrogens with one attached hydrogen (secondary N) is 1. The van der Waals surface area contributed by atoms with Gasteiger partial charge in [0.05, 0.1) is 6.04 Å². The monoisotopic (exact) mass is 338 g/mol. The summed E-state index contributed by atoms with van der Waals surface area (Å²) in [5.74, 6) is 1.54. The molecule has 2 aromatic heterocycles. The van der Waals surface area contributed by atoms with Crippen LogP contribution < -0.4 is 5.32 Å². The molecule has 25 heavy (non-hydrogen) atoms. The Labute approximate surface area is 146 Å². The van der Waals surface area contributed by atoms with Gasteiger partial charge in [-0.15, -0.1) is 10.2 Å². The van der Waals surface area contributed by atoms with E-state index in [-0.39, 0.29) is 11.9 Å². The van der Waals surface area contributed by atoms with Gasteiger partial charge in [-0.3, -0.25) is 4.79 Å². The number of aryl methyl sites for hydroxylation is 1. The van der Waals surface area contributed by atoms with E-state index in [1.165, 1.54) is 12.8 Å². The maximum absolute atomic E-state index is 12.6. The predicted molar refractivity (Wildman–Crippen MR) is 94.4 cm³/mol. The summed E-state index contributed by atoms with van der Waals surface area (Å²) in [6, 6.07) is 7.67. The summed E-state index contributed by atoms with van der Waals surface area (Å²) >= 11 is 0. The molecule has 6 heteroatoms. The van der Waals surface area contributed by atoms with Gasteiger partial charge in [-0.05, 0) is 51.0 Å². The number of carbonyl (C=O) groups is 1. The summed E-state index contributed by atoms with van der Waals surface area (Å²) in [5.41, 5.74) is 1.41. The third kappa shape index (κ3) is 3.04. The third-order valence-corrected chi connectivity index (χ3v) is 4.96. The van der Waals surface area contributed by atoms with Gasteiger partial charge >= 0.3 is 0 Å². The summed E-state index contributed by atoms with van der Waals surface area (Å²) in [6.07, 6.45) is 6.58. The maximum atomic E-state index is 12.6. The molecule has 130 valence electrons. The maximum Gasteiger partial charge on any atom is 0.251 e. The molecule has 0 spiro atoms. The highest BCUT2D eigenvalue weighted by atomic mass is 16.3. The molecule has 3 aromatic rings. The SMILES string of the molecule is Cc1cc2cc(C(=O)N[C@H](C)c3nncn3C3CCCC3)ccc2o1. The number of rotatable bonds is 4. The molecule has 0 saturated heterocycles. The highest BCUT2D eigenvalue weighted by Crippen LogP contribution is 2.31. The molecule has 1 saturated carbocycles. The number of aromatic nitrogens is 3. The minimum Gasteiger partial charge on any atom is -0.461 e. The Balaban J connectivity index is 1.52. The Bertz CT molecular complexity index is 905. The summed E-state index contributed by atoms with van der Waals surface area (Å²) in [4.78, 5) is 12.6. The fourth-order valence-corrected chi connectivity index (χ4v) is 3.69. The van der Waals surface area contributed by atoms with Crippen molar-refractivity contribution in [2.45, 2.75) is 51.6 Å². The molecular weight excluding hydrogens is 316 g/mol. The number of fused-ring (bicyclic) bond motifs is 1. The standard InChI is InChI=1S/C19H22N4O2/c1-12-9-15-10-14(7-8-17(15)25-12)19(24)21-13(2)18-22-20-11-23(18)16-5-3-4-6-16/h7-11,13,16H,3-6H2,1-2H3,(H,21,24)/t13-/m1/s1. The first-order chi connectivity index (χ1) is 12.1. The summed E-state index contributed by atoms with van der Waals surface area (Å²) in [7, 11) is 0. The van der Waals surface area contributed by atoms with E-state index in [0.29, 0.717) is 11.6 Å². The first-order valence-electron chi connectivity index (χ1n) is 8.82. The van der Waals surface area contributed by atoms with Gasteiger partial charge in [-0.2, -0.15) is 0 Å². The van der Waals surface area contributed by atoms with Gasteiger partial charge in [0.15, 0.2) is 5.82 Å². The Kier molecular flexibility index (Phi) is 4.03. The predicted octanol–water partition coefficient (Wildman–Crippen LogP) is 3.94. The van der Waals surface area contributed by atoms with Crippen LogP contribution in [0.25, 0.3) is 11.0 Å². The van der Waals surface area contributed by atoms with Crippen LogP contribution >= 0.6 is 0 Å². The van der Waals surface area contributed by atoms with Crippen LogP contribution in [0, 0.1) is 6.92 Å². The molecule has 2 heterocycles. The van der Waals surface area contributed by atoms with Gasteiger partial charge in [-0.1, -0.05) is 12.8 Å². The van der Waals surface area contributed by atoms with Crippen molar-refractivity contribution in [1.82, 2.24) is 20.1 Å². The molecule has 6 nitrogen and oxygen atoms in total. The fourth-order valence-electron chi connectivity index (χ4n) is 3.69. The lowest BCUT2D eigenvalue weighted by Crippen LogP contribution is -2.29. The van der Waals surface area contributed by atoms with E-state index in [2.05, 4.69) is 20.1 Å². The van der Waals surface area contributed by atoms with E-state index in [1.807, 2.05) is 32.0 Å². The zero-order chi connectivity index (χ0) is 17.4. The van der Waals surface area contributed by atoms with Gasteiger partial charge in [-0.25, -0.2) is 0 Å². The van der Waals surface area contributed by atoms with E-state index >= 15 is 0 Å². The summed E-state index contributed by atoms with van der Waals surface area (Å²) in [5, 5.41) is 12.3. The quantitative estimate of drug-likeness (QED) is 0.782. The van der Waals surface area contributed by atoms with Gasteiger partial charge < -0.3 is 14.3 Å². The highest BCUT2D eigenvalue weighted by molar-refractivity contribution is 5.98. The van der Waals surface area contributed by atoms with Crippen molar-refractivity contribution < 1.29 is 9.21 Å². The van der Waals surface area contributed by atoms with E-state index < -0.39 is 0 Å². The van der Waals surface area contributed by atoms with Gasteiger partial charge in [0.2, 0.25) is 0 Å². The van der Waals surface area contributed by atoms with Crippen molar-refractivity contribution in [1.29, 1.82) is 0 Å². The molecule has 1 aliphatic rings. The molecule has 1 aromatic carbocycles. The average Bonchev–Trinajstić information content (AvgIpc) is 3.32. The van der Waals surface area contributed by atoms with Crippen molar-refractivity contribution in [2.24, 2.45) is 0 Å². The smallest absolute Gasteiger partial charge is 0.251 e. The number of carbonyl (C=O) groups excluding carboxylic acids is 1. The number of hydrogen-bond donors (Lipinski definition) is 1. The van der Waals surface area contributed by atoms with Gasteiger partial charge in [0.1, 0.15) is 17.7 Å². The van der Waals surface area contributed by atoms with Crippen molar-refractivity contribution in [3.63, 3.8) is 0 Å². The first-order valence-corrected chi connectivity index (χ1v) is 8.82. The summed E-state index contributed by atoms with van der Waals surface area (Å²) in [6.45, 7) is 3.85. The highest BCUT2D eigenvalue weighted by Gasteiger charge is 2.23. The second kappa shape index (κ2) is 6.35. The largest absolute Gasteiger partial charge is 0.461 e. The van der Waals surface area contributed by atoms with E-state index in [9.17, 15) is 4.79 Å². The Hall–Kier alpha value is -2.63. The third-order valence-electron chi connectivity index (χ3n) is 4.96. The average molecular weight is 338 g/mol. The normalized spacial score (nSPS) is 16.4. The lowest BCUT2D eigenvalue weighted by atomic mass is 10.1. The number of furan rings is 1. The molecule has 0 aliphatic heterocycles. The Morgan fingerprint density at radius 3 is 2.92 bits per heavy atom. The molecule has 4 rings (SSSR count). The lowest BCUT2D eigenvalue weighted by molar-refractivity contribution is 0.0937. The van der Waals surface area contributed by atoms with Crippen molar-refractivity contribution >= 4 is 16.9 Å². The fraction of sp³-hybridized carbons (Fsp3) is 0.421. The Morgan fingerprint density at radius 2 is 2.12 bits per heavy atom. The van der Waals surface area contributed by atoms with Crippen LogP contribution in [-0.4, -0.2) is 20.7 Å². The topological polar surface area (TPSA) is 73.0 Å². The van der Waals surface area contributed by atoms with Crippen LogP contribution in [0.3, 0.4) is 0 Å². The molecule has 1 aliphatic carbocycles. The molecule has 1 atom stereocenters. The van der Waals surface area contributed by atoms with Crippen LogP contribution in [0.1, 0.15) is 66.6 Å². The zero-order valence-electron chi connectivity index (χ0n) is 14.5. The van der Waals surface area contributed by atoms with E-state index in [0.717, 1.165) is 35.4 Å². The number of amides is 1. The molecule has 0 unspecified atom stereocenters. The minimum atomic E-state index is -0.197. The molecule has 0 radical (unpaired) electrons. The van der Waals surface area contributed by atoms with Crippen LogP contribution in [0.4, 0.5) is 0 Å². The summed E-state index contributed by atoms with van der Waals surface area (Å²) < 4.78 is 7.69. The number of hydrogen-bond acceptors (Lipinski definition) is 4.